The molecule has 1 aliphatic carbocycles. The highest BCUT2D eigenvalue weighted by atomic mass is 16.5. The lowest BCUT2D eigenvalue weighted by Crippen LogP contribution is -2.52. The van der Waals surface area contributed by atoms with Gasteiger partial charge < -0.3 is 19.5 Å². The predicted octanol–water partition coefficient (Wildman–Crippen LogP) is 2.99. The Morgan fingerprint density at radius 3 is 2.65 bits per heavy atom. The van der Waals surface area contributed by atoms with Crippen molar-refractivity contribution in [2.24, 2.45) is 0 Å². The van der Waals surface area contributed by atoms with Crippen LogP contribution in [0.4, 0.5) is 0 Å². The molecule has 1 amide bonds. The molecule has 1 aliphatic heterocycles. The summed E-state index contributed by atoms with van der Waals surface area (Å²) in [4.78, 5) is 15.3. The van der Waals surface area contributed by atoms with Gasteiger partial charge in [-0.1, -0.05) is 24.3 Å². The fourth-order valence-corrected chi connectivity index (χ4v) is 4.71. The number of hydrogen-bond donors (Lipinski definition) is 1. The first-order valence-corrected chi connectivity index (χ1v) is 9.19. The number of amides is 1. The Balaban J connectivity index is 1.73. The van der Waals surface area contributed by atoms with Crippen molar-refractivity contribution < 1.29 is 19.4 Å². The van der Waals surface area contributed by atoms with Gasteiger partial charge >= 0.3 is 0 Å². The second-order valence-corrected chi connectivity index (χ2v) is 7.32. The van der Waals surface area contributed by atoms with E-state index in [1.165, 1.54) is 0 Å². The van der Waals surface area contributed by atoms with E-state index in [0.29, 0.717) is 18.5 Å². The highest BCUT2D eigenvalue weighted by Crippen LogP contribution is 2.43. The van der Waals surface area contributed by atoms with Crippen molar-refractivity contribution >= 4 is 16.7 Å². The third-order valence-electron chi connectivity index (χ3n) is 6.16. The summed E-state index contributed by atoms with van der Waals surface area (Å²) in [6, 6.07) is 11.4. The third-order valence-corrected chi connectivity index (χ3v) is 6.16. The zero-order chi connectivity index (χ0) is 18.3. The molecule has 1 saturated carbocycles. The van der Waals surface area contributed by atoms with Crippen LogP contribution in [0.1, 0.15) is 36.0 Å². The second kappa shape index (κ2) is 6.56. The minimum Gasteiger partial charge on any atom is -0.496 e. The highest BCUT2D eigenvalue weighted by Gasteiger charge is 2.52. The van der Waals surface area contributed by atoms with Crippen LogP contribution in [0.5, 0.6) is 5.75 Å². The van der Waals surface area contributed by atoms with E-state index < -0.39 is 0 Å². The molecule has 2 fully saturated rings. The summed E-state index contributed by atoms with van der Waals surface area (Å²) in [7, 11) is 3.36. The van der Waals surface area contributed by atoms with Crippen molar-refractivity contribution in [3.8, 4) is 5.75 Å². The topological polar surface area (TPSA) is 59.0 Å². The number of aliphatic hydroxyl groups excluding tert-OH is 1. The number of ether oxygens (including phenoxy) is 2. The number of methoxy groups -OCH3 is 2. The highest BCUT2D eigenvalue weighted by molar-refractivity contribution is 6.08. The van der Waals surface area contributed by atoms with Gasteiger partial charge in [0.2, 0.25) is 0 Å². The van der Waals surface area contributed by atoms with E-state index in [9.17, 15) is 9.90 Å². The van der Waals surface area contributed by atoms with Crippen molar-refractivity contribution in [2.75, 3.05) is 20.8 Å². The van der Waals surface area contributed by atoms with E-state index in [2.05, 4.69) is 0 Å². The first-order valence-electron chi connectivity index (χ1n) is 9.19. The van der Waals surface area contributed by atoms with Gasteiger partial charge in [0.1, 0.15) is 5.75 Å². The largest absolute Gasteiger partial charge is 0.496 e. The molecule has 1 heterocycles. The smallest absolute Gasteiger partial charge is 0.254 e. The summed E-state index contributed by atoms with van der Waals surface area (Å²) in [5, 5.41) is 12.0. The molecule has 4 rings (SSSR count). The number of carbonyl (C=O) groups is 1. The zero-order valence-electron chi connectivity index (χ0n) is 15.3. The summed E-state index contributed by atoms with van der Waals surface area (Å²) in [6.07, 6.45) is 2.55. The number of likely N-dealkylation sites (tertiary alicyclic amines) is 1. The van der Waals surface area contributed by atoms with Crippen LogP contribution < -0.4 is 4.74 Å². The van der Waals surface area contributed by atoms with E-state index >= 15 is 0 Å². The molecule has 5 nitrogen and oxygen atoms in total. The first kappa shape index (κ1) is 17.3. The van der Waals surface area contributed by atoms with Crippen LogP contribution in [0, 0.1) is 0 Å². The molecule has 0 radical (unpaired) electrons. The maximum absolute atomic E-state index is 13.4. The maximum Gasteiger partial charge on any atom is 0.254 e. The first-order chi connectivity index (χ1) is 12.6. The molecule has 0 unspecified atom stereocenters. The molecule has 3 atom stereocenters. The zero-order valence-corrected chi connectivity index (χ0v) is 15.3. The minimum atomic E-state index is -0.371. The molecule has 2 aromatic rings. The van der Waals surface area contributed by atoms with Gasteiger partial charge in [-0.25, -0.2) is 0 Å². The number of rotatable bonds is 3. The van der Waals surface area contributed by atoms with Gasteiger partial charge in [0, 0.05) is 24.6 Å². The van der Waals surface area contributed by atoms with Gasteiger partial charge in [0.15, 0.2) is 0 Å². The monoisotopic (exact) mass is 355 g/mol. The van der Waals surface area contributed by atoms with E-state index in [0.717, 1.165) is 35.8 Å². The molecule has 1 saturated heterocycles. The fourth-order valence-electron chi connectivity index (χ4n) is 4.71. The SMILES string of the molecule is COc1ccc(C(=O)N2CC[C@]3(OC)CC[C@@H](O)C[C@H]23)c2ccccc12. The Hall–Kier alpha value is -2.11. The van der Waals surface area contributed by atoms with Gasteiger partial charge in [-0.15, -0.1) is 0 Å². The molecule has 0 bridgehead atoms. The number of hydrogen-bond acceptors (Lipinski definition) is 4. The molecule has 2 aromatic carbocycles. The van der Waals surface area contributed by atoms with Crippen molar-refractivity contribution in [1.29, 1.82) is 0 Å². The van der Waals surface area contributed by atoms with Crippen LogP contribution in [-0.2, 0) is 4.74 Å². The molecule has 26 heavy (non-hydrogen) atoms. The third kappa shape index (κ3) is 2.58. The second-order valence-electron chi connectivity index (χ2n) is 7.32. The lowest BCUT2D eigenvalue weighted by atomic mass is 9.79. The normalized spacial score (nSPS) is 28.2. The van der Waals surface area contributed by atoms with Gasteiger partial charge in [-0.2, -0.15) is 0 Å². The number of aliphatic hydroxyl groups is 1. The summed E-state index contributed by atoms with van der Waals surface area (Å²) >= 11 is 0. The quantitative estimate of drug-likeness (QED) is 0.920. The number of carbonyl (C=O) groups excluding carboxylic acids is 1. The van der Waals surface area contributed by atoms with Crippen LogP contribution in [-0.4, -0.2) is 54.4 Å². The molecular formula is C21H25NO4. The van der Waals surface area contributed by atoms with Crippen LogP contribution in [0.3, 0.4) is 0 Å². The van der Waals surface area contributed by atoms with E-state index in [-0.39, 0.29) is 23.7 Å². The van der Waals surface area contributed by atoms with Crippen LogP contribution in [0.2, 0.25) is 0 Å². The standard InChI is InChI=1S/C21H25NO4/c1-25-18-8-7-17(15-5-3-4-6-16(15)18)20(24)22-12-11-21(26-2)10-9-14(23)13-19(21)22/h3-8,14,19,23H,9-13H2,1-2H3/t14-,19+,21-/m1/s1. The molecule has 2 aliphatic rings. The average molecular weight is 355 g/mol. The Morgan fingerprint density at radius 2 is 1.92 bits per heavy atom. The Bertz CT molecular complexity index is 836. The van der Waals surface area contributed by atoms with E-state index in [4.69, 9.17) is 9.47 Å². The summed E-state index contributed by atoms with van der Waals surface area (Å²) in [5.74, 6) is 0.764. The molecule has 0 spiro atoms. The van der Waals surface area contributed by atoms with Crippen molar-refractivity contribution in [2.45, 2.75) is 43.4 Å². The van der Waals surface area contributed by atoms with Crippen LogP contribution >= 0.6 is 0 Å². The van der Waals surface area contributed by atoms with Gasteiger partial charge in [0.25, 0.3) is 5.91 Å². The fraction of sp³-hybridized carbons (Fsp3) is 0.476. The summed E-state index contributed by atoms with van der Waals surface area (Å²) in [5.41, 5.74) is 0.352. The lowest BCUT2D eigenvalue weighted by molar-refractivity contribution is -0.0824. The lowest BCUT2D eigenvalue weighted by Gasteiger charge is -2.42. The van der Waals surface area contributed by atoms with Crippen LogP contribution in [0.15, 0.2) is 36.4 Å². The minimum absolute atomic E-state index is 0.00174. The van der Waals surface area contributed by atoms with Crippen LogP contribution in [0.25, 0.3) is 10.8 Å². The number of nitrogens with zero attached hydrogens (tertiary/aromatic N) is 1. The van der Waals surface area contributed by atoms with Crippen molar-refractivity contribution in [1.82, 2.24) is 4.90 Å². The molecule has 1 N–H and O–H groups in total. The predicted molar refractivity (Wildman–Crippen MR) is 99.5 cm³/mol. The summed E-state index contributed by atoms with van der Waals surface area (Å²) < 4.78 is 11.3. The van der Waals surface area contributed by atoms with Crippen molar-refractivity contribution in [3.05, 3.63) is 42.0 Å². The Labute approximate surface area is 153 Å². The summed E-state index contributed by atoms with van der Waals surface area (Å²) in [6.45, 7) is 0.657. The average Bonchev–Trinajstić information content (AvgIpc) is 3.05. The molecular weight excluding hydrogens is 330 g/mol. The van der Waals surface area contributed by atoms with Gasteiger partial charge in [-0.3, -0.25) is 4.79 Å². The maximum atomic E-state index is 13.4. The molecule has 5 heteroatoms. The van der Waals surface area contributed by atoms with E-state index in [1.54, 1.807) is 14.2 Å². The van der Waals surface area contributed by atoms with Crippen molar-refractivity contribution in [3.63, 3.8) is 0 Å². The number of fused-ring (bicyclic) bond motifs is 2. The molecule has 0 aromatic heterocycles. The number of benzene rings is 2. The molecule has 138 valence electrons. The Kier molecular flexibility index (Phi) is 4.37. The Morgan fingerprint density at radius 1 is 1.15 bits per heavy atom. The van der Waals surface area contributed by atoms with Gasteiger partial charge in [0.05, 0.1) is 24.9 Å². The van der Waals surface area contributed by atoms with Gasteiger partial charge in [-0.05, 0) is 43.2 Å². The van der Waals surface area contributed by atoms with E-state index in [1.807, 2.05) is 41.3 Å².